The zero-order chi connectivity index (χ0) is 23.0. The molecule has 1 saturated heterocycles. The van der Waals surface area contributed by atoms with Crippen LogP contribution in [-0.2, 0) is 12.0 Å². The van der Waals surface area contributed by atoms with Crippen LogP contribution in [0.4, 0.5) is 0 Å². The highest BCUT2D eigenvalue weighted by atomic mass is 16.5. The Bertz CT molecular complexity index is 1140. The SMILES string of the molecule is C=C(c1ccccc1-n1nccn1)N1C[C@H](Oc2cccc3c2CCC[C@]3(C)O)CC[C@H]1C. The summed E-state index contributed by atoms with van der Waals surface area (Å²) in [6.45, 7) is 9.39. The third-order valence-electron chi connectivity index (χ3n) is 7.13. The Labute approximate surface area is 195 Å². The van der Waals surface area contributed by atoms with E-state index < -0.39 is 5.60 Å². The molecule has 3 atom stereocenters. The Kier molecular flexibility index (Phi) is 5.71. The molecule has 6 nitrogen and oxygen atoms in total. The number of hydrogen-bond acceptors (Lipinski definition) is 5. The Balaban J connectivity index is 1.38. The van der Waals surface area contributed by atoms with Gasteiger partial charge in [0.25, 0.3) is 0 Å². The van der Waals surface area contributed by atoms with Crippen LogP contribution in [0.3, 0.4) is 0 Å². The number of ether oxygens (including phenoxy) is 1. The number of aromatic nitrogens is 3. The molecule has 2 heterocycles. The summed E-state index contributed by atoms with van der Waals surface area (Å²) in [5.41, 5.74) is 4.29. The molecular weight excluding hydrogens is 412 g/mol. The third kappa shape index (κ3) is 4.15. The second-order valence-corrected chi connectivity index (χ2v) is 9.51. The van der Waals surface area contributed by atoms with Crippen molar-refractivity contribution < 1.29 is 9.84 Å². The number of fused-ring (bicyclic) bond motifs is 1. The van der Waals surface area contributed by atoms with Gasteiger partial charge in [0.15, 0.2) is 0 Å². The third-order valence-corrected chi connectivity index (χ3v) is 7.13. The molecule has 1 aliphatic heterocycles. The van der Waals surface area contributed by atoms with Crippen molar-refractivity contribution >= 4 is 5.70 Å². The van der Waals surface area contributed by atoms with Crippen molar-refractivity contribution in [3.63, 3.8) is 0 Å². The van der Waals surface area contributed by atoms with Crippen LogP contribution in [-0.4, -0.2) is 43.7 Å². The molecule has 0 amide bonds. The highest BCUT2D eigenvalue weighted by Crippen LogP contribution is 2.40. The molecule has 1 N–H and O–H groups in total. The molecule has 33 heavy (non-hydrogen) atoms. The number of rotatable bonds is 5. The standard InChI is InChI=1S/C27H32N4O2/c1-19-13-14-21(33-26-12-6-10-24-23(26)9-7-15-27(24,3)32)18-30(19)20(2)22-8-4-5-11-25(22)31-28-16-17-29-31/h4-6,8,10-12,16-17,19,21,32H,2,7,9,13-15,18H2,1,3H3/t19-,21-,27+/m1/s1. The maximum atomic E-state index is 10.8. The lowest BCUT2D eigenvalue weighted by atomic mass is 9.80. The van der Waals surface area contributed by atoms with Gasteiger partial charge in [-0.1, -0.05) is 36.9 Å². The number of aliphatic hydroxyl groups is 1. The average molecular weight is 445 g/mol. The zero-order valence-electron chi connectivity index (χ0n) is 19.4. The number of piperidine rings is 1. The monoisotopic (exact) mass is 444 g/mol. The van der Waals surface area contributed by atoms with Gasteiger partial charge < -0.3 is 14.7 Å². The predicted octanol–water partition coefficient (Wildman–Crippen LogP) is 4.71. The fourth-order valence-electron chi connectivity index (χ4n) is 5.30. The van der Waals surface area contributed by atoms with Crippen molar-refractivity contribution in [3.05, 3.63) is 78.1 Å². The van der Waals surface area contributed by atoms with E-state index >= 15 is 0 Å². The van der Waals surface area contributed by atoms with Crippen LogP contribution >= 0.6 is 0 Å². The number of nitrogens with zero attached hydrogens (tertiary/aromatic N) is 4. The van der Waals surface area contributed by atoms with Gasteiger partial charge in [-0.3, -0.25) is 0 Å². The largest absolute Gasteiger partial charge is 0.488 e. The molecular formula is C27H32N4O2. The molecule has 0 saturated carbocycles. The fraction of sp³-hybridized carbons (Fsp3) is 0.407. The van der Waals surface area contributed by atoms with Crippen molar-refractivity contribution in [2.75, 3.05) is 6.54 Å². The Morgan fingerprint density at radius 1 is 1.12 bits per heavy atom. The molecule has 0 spiro atoms. The molecule has 0 bridgehead atoms. The van der Waals surface area contributed by atoms with E-state index in [2.05, 4.69) is 40.7 Å². The molecule has 1 aliphatic carbocycles. The smallest absolute Gasteiger partial charge is 0.123 e. The first-order chi connectivity index (χ1) is 15.9. The molecule has 1 fully saturated rings. The number of likely N-dealkylation sites (tertiary alicyclic amines) is 1. The van der Waals surface area contributed by atoms with Crippen LogP contribution in [0.2, 0.25) is 0 Å². The summed E-state index contributed by atoms with van der Waals surface area (Å²) in [7, 11) is 0. The summed E-state index contributed by atoms with van der Waals surface area (Å²) in [5, 5.41) is 19.5. The van der Waals surface area contributed by atoms with Crippen molar-refractivity contribution in [1.82, 2.24) is 19.9 Å². The van der Waals surface area contributed by atoms with Crippen molar-refractivity contribution in [1.29, 1.82) is 0 Å². The molecule has 5 rings (SSSR count). The lowest BCUT2D eigenvalue weighted by molar-refractivity contribution is 0.0369. The highest BCUT2D eigenvalue weighted by Gasteiger charge is 2.33. The second kappa shape index (κ2) is 8.67. The van der Waals surface area contributed by atoms with Crippen molar-refractivity contribution in [3.8, 4) is 11.4 Å². The van der Waals surface area contributed by atoms with Crippen LogP contribution in [0, 0.1) is 0 Å². The van der Waals surface area contributed by atoms with Gasteiger partial charge in [-0.2, -0.15) is 15.0 Å². The van der Waals surface area contributed by atoms with E-state index in [4.69, 9.17) is 4.74 Å². The Morgan fingerprint density at radius 3 is 2.73 bits per heavy atom. The lowest BCUT2D eigenvalue weighted by Crippen LogP contribution is -2.45. The van der Waals surface area contributed by atoms with Gasteiger partial charge in [0.1, 0.15) is 11.9 Å². The van der Waals surface area contributed by atoms with Crippen molar-refractivity contribution in [2.45, 2.75) is 63.7 Å². The summed E-state index contributed by atoms with van der Waals surface area (Å²) < 4.78 is 6.59. The first kappa shape index (κ1) is 21.7. The molecule has 1 aromatic heterocycles. The highest BCUT2D eigenvalue weighted by molar-refractivity contribution is 5.69. The lowest BCUT2D eigenvalue weighted by Gasteiger charge is -2.41. The molecule has 0 radical (unpaired) electrons. The summed E-state index contributed by atoms with van der Waals surface area (Å²) in [6.07, 6.45) is 8.17. The first-order valence-corrected chi connectivity index (χ1v) is 11.9. The van der Waals surface area contributed by atoms with Crippen LogP contribution < -0.4 is 4.74 Å². The van der Waals surface area contributed by atoms with Gasteiger partial charge in [-0.25, -0.2) is 0 Å². The summed E-state index contributed by atoms with van der Waals surface area (Å²) in [6, 6.07) is 14.6. The molecule has 2 aliphatic rings. The first-order valence-electron chi connectivity index (χ1n) is 11.9. The average Bonchev–Trinajstić information content (AvgIpc) is 3.35. The van der Waals surface area contributed by atoms with E-state index in [0.29, 0.717) is 6.04 Å². The van der Waals surface area contributed by atoms with Gasteiger partial charge in [-0.15, -0.1) is 0 Å². The van der Waals surface area contributed by atoms with Gasteiger partial charge >= 0.3 is 0 Å². The van der Waals surface area contributed by atoms with Crippen molar-refractivity contribution in [2.24, 2.45) is 0 Å². The molecule has 0 unspecified atom stereocenters. The Hall–Kier alpha value is -3.12. The molecule has 3 aromatic rings. The van der Waals surface area contributed by atoms with E-state index in [-0.39, 0.29) is 6.10 Å². The number of para-hydroxylation sites is 1. The fourth-order valence-corrected chi connectivity index (χ4v) is 5.30. The normalized spacial score (nSPS) is 24.9. The van der Waals surface area contributed by atoms with E-state index in [1.165, 1.54) is 0 Å². The topological polar surface area (TPSA) is 63.4 Å². The van der Waals surface area contributed by atoms with Gasteiger partial charge in [0.05, 0.1) is 30.2 Å². The maximum Gasteiger partial charge on any atom is 0.123 e. The van der Waals surface area contributed by atoms with Gasteiger partial charge in [-0.05, 0) is 63.6 Å². The summed E-state index contributed by atoms with van der Waals surface area (Å²) in [5.74, 6) is 0.915. The summed E-state index contributed by atoms with van der Waals surface area (Å²) >= 11 is 0. The van der Waals surface area contributed by atoms with Gasteiger partial charge in [0.2, 0.25) is 0 Å². The van der Waals surface area contributed by atoms with E-state index in [9.17, 15) is 5.11 Å². The van der Waals surface area contributed by atoms with E-state index in [0.717, 1.165) is 72.5 Å². The summed E-state index contributed by atoms with van der Waals surface area (Å²) in [4.78, 5) is 3.99. The maximum absolute atomic E-state index is 10.8. The van der Waals surface area contributed by atoms with Crippen LogP contribution in [0.1, 0.15) is 56.2 Å². The second-order valence-electron chi connectivity index (χ2n) is 9.51. The predicted molar refractivity (Wildman–Crippen MR) is 129 cm³/mol. The molecule has 172 valence electrons. The minimum atomic E-state index is -0.779. The number of benzene rings is 2. The van der Waals surface area contributed by atoms with Crippen LogP contribution in [0.5, 0.6) is 5.75 Å². The minimum absolute atomic E-state index is 0.0614. The van der Waals surface area contributed by atoms with E-state index in [1.807, 2.05) is 37.3 Å². The molecule has 2 aromatic carbocycles. The molecule has 6 heteroatoms. The Morgan fingerprint density at radius 2 is 1.91 bits per heavy atom. The zero-order valence-corrected chi connectivity index (χ0v) is 19.4. The van der Waals surface area contributed by atoms with Crippen LogP contribution in [0.25, 0.3) is 11.4 Å². The quantitative estimate of drug-likeness (QED) is 0.617. The van der Waals surface area contributed by atoms with Crippen LogP contribution in [0.15, 0.2) is 61.4 Å². The number of hydrogen-bond donors (Lipinski definition) is 1. The van der Waals surface area contributed by atoms with E-state index in [1.54, 1.807) is 17.2 Å². The minimum Gasteiger partial charge on any atom is -0.488 e. The van der Waals surface area contributed by atoms with Gasteiger partial charge in [0, 0.05) is 22.9 Å².